The molecule has 1 aromatic rings. The summed E-state index contributed by atoms with van der Waals surface area (Å²) >= 11 is 6.65. The van der Waals surface area contributed by atoms with E-state index >= 15 is 0 Å². The number of nitrogens with one attached hydrogen (secondary N) is 1. The van der Waals surface area contributed by atoms with Crippen LogP contribution in [0.25, 0.3) is 0 Å². The van der Waals surface area contributed by atoms with Gasteiger partial charge in [-0.15, -0.1) is 0 Å². The molecule has 7 heteroatoms. The predicted molar refractivity (Wildman–Crippen MR) is 80.7 cm³/mol. The van der Waals surface area contributed by atoms with Gasteiger partial charge in [-0.05, 0) is 53.4 Å². The zero-order valence-electron chi connectivity index (χ0n) is 10.4. The molecule has 0 saturated carbocycles. The van der Waals surface area contributed by atoms with E-state index in [0.717, 1.165) is 22.9 Å². The molecule has 1 atom stereocenters. The molecule has 0 spiro atoms. The average Bonchev–Trinajstić information content (AvgIpc) is 2.84. The van der Waals surface area contributed by atoms with Gasteiger partial charge in [0.1, 0.15) is 0 Å². The maximum atomic E-state index is 12.3. The number of rotatable bonds is 4. The summed E-state index contributed by atoms with van der Waals surface area (Å²) in [7, 11) is -3.52. The fourth-order valence-corrected chi connectivity index (χ4v) is 4.66. The molecule has 1 N–H and O–H groups in total. The largest absolute Gasteiger partial charge is 0.377 e. The highest BCUT2D eigenvalue weighted by Gasteiger charge is 2.22. The van der Waals surface area contributed by atoms with Crippen LogP contribution in [-0.4, -0.2) is 27.7 Å². The van der Waals surface area contributed by atoms with Crippen LogP contribution < -0.4 is 4.72 Å². The lowest BCUT2D eigenvalue weighted by molar-refractivity contribution is 0.114. The first-order valence-corrected chi connectivity index (χ1v) is 9.04. The summed E-state index contributed by atoms with van der Waals surface area (Å²) in [5.41, 5.74) is 0.977. The lowest BCUT2D eigenvalue weighted by atomic mass is 10.2. The van der Waals surface area contributed by atoms with Crippen LogP contribution in [0.2, 0.25) is 0 Å². The fourth-order valence-electron chi connectivity index (χ4n) is 1.92. The molecule has 0 bridgehead atoms. The van der Waals surface area contributed by atoms with Crippen molar-refractivity contribution in [3.05, 3.63) is 26.6 Å². The zero-order valence-corrected chi connectivity index (χ0v) is 14.4. The highest BCUT2D eigenvalue weighted by molar-refractivity contribution is 9.11. The fraction of sp³-hybridized carbons (Fsp3) is 0.500. The van der Waals surface area contributed by atoms with Crippen molar-refractivity contribution in [2.24, 2.45) is 0 Å². The monoisotopic (exact) mass is 411 g/mol. The first kappa shape index (κ1) is 15.4. The molecule has 1 heterocycles. The van der Waals surface area contributed by atoms with E-state index < -0.39 is 10.0 Å². The van der Waals surface area contributed by atoms with Gasteiger partial charge in [-0.2, -0.15) is 0 Å². The molecule has 4 nitrogen and oxygen atoms in total. The average molecular weight is 413 g/mol. The molecule has 1 aliphatic rings. The highest BCUT2D eigenvalue weighted by Crippen LogP contribution is 2.28. The highest BCUT2D eigenvalue weighted by atomic mass is 79.9. The van der Waals surface area contributed by atoms with Crippen molar-refractivity contribution in [1.82, 2.24) is 4.72 Å². The summed E-state index contributed by atoms with van der Waals surface area (Å²) in [6.07, 6.45) is 1.88. The lowest BCUT2D eigenvalue weighted by Gasteiger charge is -2.13. The van der Waals surface area contributed by atoms with Gasteiger partial charge in [-0.25, -0.2) is 13.1 Å². The van der Waals surface area contributed by atoms with Crippen molar-refractivity contribution >= 4 is 41.9 Å². The van der Waals surface area contributed by atoms with Gasteiger partial charge in [-0.1, -0.05) is 15.9 Å². The maximum absolute atomic E-state index is 12.3. The Morgan fingerprint density at radius 3 is 2.74 bits per heavy atom. The second kappa shape index (κ2) is 6.22. The van der Waals surface area contributed by atoms with Crippen molar-refractivity contribution in [3.8, 4) is 0 Å². The summed E-state index contributed by atoms with van der Waals surface area (Å²) < 4.78 is 33.9. The van der Waals surface area contributed by atoms with Crippen LogP contribution in [-0.2, 0) is 14.8 Å². The normalized spacial score (nSPS) is 19.8. The maximum Gasteiger partial charge on any atom is 0.241 e. The van der Waals surface area contributed by atoms with E-state index in [9.17, 15) is 8.42 Å². The second-order valence-electron chi connectivity index (χ2n) is 4.52. The van der Waals surface area contributed by atoms with Crippen LogP contribution in [0.5, 0.6) is 0 Å². The van der Waals surface area contributed by atoms with Crippen molar-refractivity contribution in [2.45, 2.75) is 30.8 Å². The Morgan fingerprint density at radius 1 is 1.37 bits per heavy atom. The summed E-state index contributed by atoms with van der Waals surface area (Å²) in [4.78, 5) is 0.239. The third-order valence-corrected chi connectivity index (χ3v) is 6.26. The number of hydrogen-bond donors (Lipinski definition) is 1. The minimum atomic E-state index is -3.52. The van der Waals surface area contributed by atoms with Crippen molar-refractivity contribution in [2.75, 3.05) is 13.2 Å². The molecule has 1 aromatic carbocycles. The van der Waals surface area contributed by atoms with Gasteiger partial charge in [-0.3, -0.25) is 0 Å². The van der Waals surface area contributed by atoms with E-state index in [-0.39, 0.29) is 11.0 Å². The first-order valence-electron chi connectivity index (χ1n) is 5.97. The Morgan fingerprint density at radius 2 is 2.11 bits per heavy atom. The molecule has 1 saturated heterocycles. The van der Waals surface area contributed by atoms with Gasteiger partial charge in [0.2, 0.25) is 10.0 Å². The Hall–Kier alpha value is 0.0500. The topological polar surface area (TPSA) is 55.4 Å². The van der Waals surface area contributed by atoms with Gasteiger partial charge < -0.3 is 4.74 Å². The molecular formula is C12H15Br2NO3S. The Labute approximate surface area is 130 Å². The van der Waals surface area contributed by atoms with Gasteiger partial charge >= 0.3 is 0 Å². The van der Waals surface area contributed by atoms with Crippen LogP contribution in [0.4, 0.5) is 0 Å². The smallest absolute Gasteiger partial charge is 0.241 e. The minimum absolute atomic E-state index is 0.0116. The number of ether oxygens (including phenoxy) is 1. The molecule has 0 radical (unpaired) electrons. The Balaban J connectivity index is 2.16. The van der Waals surface area contributed by atoms with Gasteiger partial charge in [0.15, 0.2) is 0 Å². The second-order valence-corrected chi connectivity index (χ2v) is 7.96. The van der Waals surface area contributed by atoms with Crippen molar-refractivity contribution < 1.29 is 13.2 Å². The van der Waals surface area contributed by atoms with Crippen LogP contribution in [0, 0.1) is 6.92 Å². The first-order chi connectivity index (χ1) is 8.90. The molecule has 0 aromatic heterocycles. The molecule has 106 valence electrons. The van der Waals surface area contributed by atoms with Crippen LogP contribution in [0.1, 0.15) is 18.4 Å². The van der Waals surface area contributed by atoms with E-state index in [0.29, 0.717) is 17.6 Å². The summed E-state index contributed by atoms with van der Waals surface area (Å²) in [5, 5.41) is 0. The molecule has 1 aliphatic heterocycles. The van der Waals surface area contributed by atoms with Crippen molar-refractivity contribution in [1.29, 1.82) is 0 Å². The summed E-state index contributed by atoms with van der Waals surface area (Å²) in [5.74, 6) is 0. The Bertz CT molecular complexity index is 569. The molecule has 0 aliphatic carbocycles. The lowest BCUT2D eigenvalue weighted by Crippen LogP contribution is -2.32. The van der Waals surface area contributed by atoms with Crippen LogP contribution >= 0.6 is 31.9 Å². The van der Waals surface area contributed by atoms with Crippen LogP contribution in [0.15, 0.2) is 26.0 Å². The van der Waals surface area contributed by atoms with E-state index in [4.69, 9.17) is 4.74 Å². The zero-order chi connectivity index (χ0) is 14.0. The summed E-state index contributed by atoms with van der Waals surface area (Å²) in [6.45, 7) is 2.94. The third kappa shape index (κ3) is 3.78. The number of benzene rings is 1. The van der Waals surface area contributed by atoms with Gasteiger partial charge in [0.05, 0.1) is 11.0 Å². The molecule has 1 fully saturated rings. The van der Waals surface area contributed by atoms with E-state index in [2.05, 4.69) is 36.6 Å². The molecule has 1 unspecified atom stereocenters. The minimum Gasteiger partial charge on any atom is -0.377 e. The van der Waals surface area contributed by atoms with Gasteiger partial charge in [0.25, 0.3) is 0 Å². The van der Waals surface area contributed by atoms with Crippen molar-refractivity contribution in [3.63, 3.8) is 0 Å². The Kier molecular flexibility index (Phi) is 5.05. The quantitative estimate of drug-likeness (QED) is 0.826. The van der Waals surface area contributed by atoms with E-state index in [1.54, 1.807) is 12.1 Å². The number of aryl methyl sites for hydroxylation is 1. The summed E-state index contributed by atoms with van der Waals surface area (Å²) in [6, 6.07) is 3.39. The van der Waals surface area contributed by atoms with E-state index in [1.165, 1.54) is 0 Å². The number of halogens is 2. The SMILES string of the molecule is Cc1cc(Br)c(S(=O)(=O)NCC2CCCO2)cc1Br. The van der Waals surface area contributed by atoms with E-state index in [1.807, 2.05) is 6.92 Å². The van der Waals surface area contributed by atoms with Gasteiger partial charge in [0, 0.05) is 22.1 Å². The molecule has 2 rings (SSSR count). The standard InChI is InChI=1S/C12H15Br2NO3S/c1-8-5-11(14)12(6-10(8)13)19(16,17)15-7-9-3-2-4-18-9/h5-6,9,15H,2-4,7H2,1H3. The molecule has 0 amide bonds. The molecular weight excluding hydrogens is 398 g/mol. The number of sulfonamides is 1. The molecule has 19 heavy (non-hydrogen) atoms. The predicted octanol–water partition coefficient (Wildman–Crippen LogP) is 2.98. The van der Waals surface area contributed by atoms with Crippen LogP contribution in [0.3, 0.4) is 0 Å². The third-order valence-electron chi connectivity index (χ3n) is 3.03. The number of hydrogen-bond acceptors (Lipinski definition) is 3.